The minimum Gasteiger partial charge on any atom is -0.326 e. The van der Waals surface area contributed by atoms with Crippen molar-refractivity contribution in [2.45, 2.75) is 32.9 Å². The lowest BCUT2D eigenvalue weighted by molar-refractivity contribution is 0.598. The molecule has 0 bridgehead atoms. The van der Waals surface area contributed by atoms with E-state index in [0.717, 1.165) is 17.8 Å². The molecule has 0 saturated heterocycles. The van der Waals surface area contributed by atoms with Crippen LogP contribution in [0.5, 0.6) is 0 Å². The molecule has 0 aliphatic carbocycles. The molecule has 4 heteroatoms. The van der Waals surface area contributed by atoms with Gasteiger partial charge in [-0.3, -0.25) is 0 Å². The first-order valence-electron chi connectivity index (χ1n) is 5.87. The van der Waals surface area contributed by atoms with Crippen molar-refractivity contribution in [3.8, 4) is 0 Å². The van der Waals surface area contributed by atoms with Gasteiger partial charge in [0.05, 0.1) is 18.4 Å². The Labute approximate surface area is 101 Å². The summed E-state index contributed by atoms with van der Waals surface area (Å²) >= 11 is 0. The van der Waals surface area contributed by atoms with E-state index in [2.05, 4.69) is 48.4 Å². The molecule has 0 fully saturated rings. The quantitative estimate of drug-likeness (QED) is 0.872. The second kappa shape index (κ2) is 5.10. The van der Waals surface area contributed by atoms with Crippen LogP contribution in [0.2, 0.25) is 0 Å². The molecule has 90 valence electrons. The minimum absolute atomic E-state index is 0.438. The summed E-state index contributed by atoms with van der Waals surface area (Å²) in [7, 11) is 0. The predicted octanol–water partition coefficient (Wildman–Crippen LogP) is 1.91. The Hall–Kier alpha value is -1.68. The van der Waals surface area contributed by atoms with Gasteiger partial charge in [0.25, 0.3) is 0 Å². The van der Waals surface area contributed by atoms with Crippen LogP contribution in [0.15, 0.2) is 30.5 Å². The van der Waals surface area contributed by atoms with Crippen molar-refractivity contribution < 1.29 is 0 Å². The second-order valence-corrected chi connectivity index (χ2v) is 4.49. The first-order chi connectivity index (χ1) is 8.20. The Morgan fingerprint density at radius 1 is 1.18 bits per heavy atom. The zero-order valence-corrected chi connectivity index (χ0v) is 10.3. The molecule has 0 aliphatic heterocycles. The van der Waals surface area contributed by atoms with Crippen LogP contribution < -0.4 is 5.73 Å². The molecule has 0 radical (unpaired) electrons. The van der Waals surface area contributed by atoms with Crippen LogP contribution in [-0.4, -0.2) is 15.0 Å². The molecule has 17 heavy (non-hydrogen) atoms. The molecule has 4 nitrogen and oxygen atoms in total. The molecular weight excluding hydrogens is 212 g/mol. The van der Waals surface area contributed by atoms with Crippen molar-refractivity contribution in [2.75, 3.05) is 0 Å². The third-order valence-corrected chi connectivity index (χ3v) is 2.83. The highest BCUT2D eigenvalue weighted by atomic mass is 15.4. The maximum absolute atomic E-state index is 5.57. The summed E-state index contributed by atoms with van der Waals surface area (Å²) < 4.78 is 1.95. The zero-order chi connectivity index (χ0) is 12.3. The number of benzene rings is 1. The van der Waals surface area contributed by atoms with Gasteiger partial charge in [0.1, 0.15) is 0 Å². The van der Waals surface area contributed by atoms with Crippen molar-refractivity contribution in [1.29, 1.82) is 0 Å². The Morgan fingerprint density at radius 2 is 1.82 bits per heavy atom. The van der Waals surface area contributed by atoms with Crippen LogP contribution >= 0.6 is 0 Å². The normalized spacial score (nSPS) is 11.1. The fraction of sp³-hybridized carbons (Fsp3) is 0.385. The molecule has 1 heterocycles. The summed E-state index contributed by atoms with van der Waals surface area (Å²) in [6.45, 7) is 5.64. The molecule has 0 saturated carbocycles. The van der Waals surface area contributed by atoms with E-state index in [4.69, 9.17) is 5.73 Å². The fourth-order valence-electron chi connectivity index (χ4n) is 1.79. The van der Waals surface area contributed by atoms with Crippen LogP contribution in [0.4, 0.5) is 0 Å². The summed E-state index contributed by atoms with van der Waals surface area (Å²) in [4.78, 5) is 0. The average Bonchev–Trinajstić information content (AvgIpc) is 2.78. The Kier molecular flexibility index (Phi) is 3.54. The standard InChI is InChI=1S/C13H18N4/c1-10(2)13-8-15-16-17(13)9-12-5-3-11(7-14)4-6-12/h3-6,8,10H,7,9,14H2,1-2H3. The van der Waals surface area contributed by atoms with Gasteiger partial charge in [0.2, 0.25) is 0 Å². The number of hydrogen-bond acceptors (Lipinski definition) is 3. The molecule has 2 aromatic rings. The van der Waals surface area contributed by atoms with E-state index in [1.165, 1.54) is 5.56 Å². The maximum atomic E-state index is 5.57. The lowest BCUT2D eigenvalue weighted by Crippen LogP contribution is -2.07. The van der Waals surface area contributed by atoms with Crippen molar-refractivity contribution in [1.82, 2.24) is 15.0 Å². The first-order valence-corrected chi connectivity index (χ1v) is 5.87. The smallest absolute Gasteiger partial charge is 0.0727 e. The highest BCUT2D eigenvalue weighted by Crippen LogP contribution is 2.14. The van der Waals surface area contributed by atoms with Gasteiger partial charge in [-0.25, -0.2) is 4.68 Å². The van der Waals surface area contributed by atoms with Crippen LogP contribution in [0.3, 0.4) is 0 Å². The summed E-state index contributed by atoms with van der Waals surface area (Å²) in [5, 5.41) is 8.08. The molecule has 2 N–H and O–H groups in total. The lowest BCUT2D eigenvalue weighted by atomic mass is 10.1. The number of hydrogen-bond donors (Lipinski definition) is 1. The van der Waals surface area contributed by atoms with Gasteiger partial charge < -0.3 is 5.73 Å². The SMILES string of the molecule is CC(C)c1cnnn1Cc1ccc(CN)cc1. The van der Waals surface area contributed by atoms with Crippen molar-refractivity contribution in [3.05, 3.63) is 47.3 Å². The van der Waals surface area contributed by atoms with E-state index in [9.17, 15) is 0 Å². The molecule has 0 spiro atoms. The van der Waals surface area contributed by atoms with Crippen molar-refractivity contribution in [3.63, 3.8) is 0 Å². The largest absolute Gasteiger partial charge is 0.326 e. The molecule has 0 unspecified atom stereocenters. The first kappa shape index (κ1) is 11.8. The molecule has 2 rings (SSSR count). The molecular formula is C13H18N4. The van der Waals surface area contributed by atoms with E-state index in [0.29, 0.717) is 12.5 Å². The van der Waals surface area contributed by atoms with E-state index in [1.54, 1.807) is 0 Å². The Morgan fingerprint density at radius 3 is 2.41 bits per heavy atom. The van der Waals surface area contributed by atoms with E-state index < -0.39 is 0 Å². The second-order valence-electron chi connectivity index (χ2n) is 4.49. The van der Waals surface area contributed by atoms with Gasteiger partial charge in [-0.1, -0.05) is 43.3 Å². The number of rotatable bonds is 4. The van der Waals surface area contributed by atoms with Gasteiger partial charge in [0.15, 0.2) is 0 Å². The van der Waals surface area contributed by atoms with E-state index in [-0.39, 0.29) is 0 Å². The highest BCUT2D eigenvalue weighted by Gasteiger charge is 2.07. The van der Waals surface area contributed by atoms with Gasteiger partial charge in [0, 0.05) is 6.54 Å². The van der Waals surface area contributed by atoms with Gasteiger partial charge in [-0.15, -0.1) is 5.10 Å². The molecule has 0 amide bonds. The molecule has 1 aromatic heterocycles. The Bertz CT molecular complexity index is 470. The van der Waals surface area contributed by atoms with E-state index >= 15 is 0 Å². The Balaban J connectivity index is 2.16. The molecule has 0 atom stereocenters. The van der Waals surface area contributed by atoms with Gasteiger partial charge in [-0.2, -0.15) is 0 Å². The third-order valence-electron chi connectivity index (χ3n) is 2.83. The number of nitrogens with zero attached hydrogens (tertiary/aromatic N) is 3. The summed E-state index contributed by atoms with van der Waals surface area (Å²) in [5.74, 6) is 0.438. The minimum atomic E-state index is 0.438. The molecule has 0 aliphatic rings. The van der Waals surface area contributed by atoms with Gasteiger partial charge >= 0.3 is 0 Å². The van der Waals surface area contributed by atoms with Crippen molar-refractivity contribution in [2.24, 2.45) is 5.73 Å². The number of aromatic nitrogens is 3. The van der Waals surface area contributed by atoms with Crippen molar-refractivity contribution >= 4 is 0 Å². The summed E-state index contributed by atoms with van der Waals surface area (Å²) in [5.41, 5.74) is 9.10. The third kappa shape index (κ3) is 2.71. The highest BCUT2D eigenvalue weighted by molar-refractivity contribution is 5.22. The van der Waals surface area contributed by atoms with Gasteiger partial charge in [-0.05, 0) is 17.0 Å². The van der Waals surface area contributed by atoms with E-state index in [1.807, 2.05) is 10.9 Å². The molecule has 1 aromatic carbocycles. The van der Waals surface area contributed by atoms with Crippen LogP contribution in [-0.2, 0) is 13.1 Å². The summed E-state index contributed by atoms with van der Waals surface area (Å²) in [6.07, 6.45) is 1.83. The fourth-order valence-corrected chi connectivity index (χ4v) is 1.79. The predicted molar refractivity (Wildman–Crippen MR) is 67.5 cm³/mol. The number of nitrogens with two attached hydrogens (primary N) is 1. The van der Waals surface area contributed by atoms with Crippen LogP contribution in [0, 0.1) is 0 Å². The average molecular weight is 230 g/mol. The van der Waals surface area contributed by atoms with Crippen LogP contribution in [0.1, 0.15) is 36.6 Å². The summed E-state index contributed by atoms with van der Waals surface area (Å²) in [6, 6.07) is 8.30. The topological polar surface area (TPSA) is 56.7 Å². The monoisotopic (exact) mass is 230 g/mol. The zero-order valence-electron chi connectivity index (χ0n) is 10.3. The van der Waals surface area contributed by atoms with Crippen LogP contribution in [0.25, 0.3) is 0 Å². The lowest BCUT2D eigenvalue weighted by Gasteiger charge is -2.09. The maximum Gasteiger partial charge on any atom is 0.0727 e.